The number of nitrogens with one attached hydrogen (secondary N) is 2. The van der Waals surface area contributed by atoms with Crippen LogP contribution in [0.4, 0.5) is 10.2 Å². The number of halogens is 1. The smallest absolute Gasteiger partial charge is 0.251 e. The fourth-order valence-corrected chi connectivity index (χ4v) is 1.66. The first-order valence-electron chi connectivity index (χ1n) is 6.32. The van der Waals surface area contributed by atoms with Gasteiger partial charge in [0.25, 0.3) is 5.91 Å². The number of aryl methyl sites for hydroxylation is 1. The molecule has 0 bridgehead atoms. The van der Waals surface area contributed by atoms with Crippen LogP contribution in [0.1, 0.15) is 16.1 Å². The number of carbonyl (C=O) groups is 2. The summed E-state index contributed by atoms with van der Waals surface area (Å²) in [6.45, 7) is 1.62. The monoisotopic (exact) mass is 287 g/mol. The standard InChI is InChI=1S/C15H14FN3O2/c1-10-3-2-4-13(18-10)19-14(20)9-17-15(21)11-5-7-12(16)8-6-11/h2-8H,9H2,1H3,(H,17,21)(H,18,19,20). The number of hydrogen-bond donors (Lipinski definition) is 2. The van der Waals surface area contributed by atoms with Crippen LogP contribution < -0.4 is 10.6 Å². The van der Waals surface area contributed by atoms with Crippen LogP contribution in [-0.2, 0) is 4.79 Å². The summed E-state index contributed by atoms with van der Waals surface area (Å²) in [5, 5.41) is 5.03. The molecule has 5 nitrogen and oxygen atoms in total. The van der Waals surface area contributed by atoms with Crippen LogP contribution in [-0.4, -0.2) is 23.3 Å². The highest BCUT2D eigenvalue weighted by Gasteiger charge is 2.08. The first kappa shape index (κ1) is 14.6. The number of hydrogen-bond acceptors (Lipinski definition) is 3. The highest BCUT2D eigenvalue weighted by atomic mass is 19.1. The van der Waals surface area contributed by atoms with E-state index in [-0.39, 0.29) is 18.0 Å². The number of anilines is 1. The Bertz CT molecular complexity index is 656. The van der Waals surface area contributed by atoms with Crippen molar-refractivity contribution in [2.75, 3.05) is 11.9 Å². The summed E-state index contributed by atoms with van der Waals surface area (Å²) < 4.78 is 12.7. The minimum absolute atomic E-state index is 0.189. The van der Waals surface area contributed by atoms with E-state index in [0.29, 0.717) is 5.82 Å². The summed E-state index contributed by atoms with van der Waals surface area (Å²) in [5.74, 6) is -0.822. The average Bonchev–Trinajstić information content (AvgIpc) is 2.45. The summed E-state index contributed by atoms with van der Waals surface area (Å²) in [5.41, 5.74) is 1.07. The molecule has 2 amide bonds. The molecular weight excluding hydrogens is 273 g/mol. The van der Waals surface area contributed by atoms with E-state index in [1.54, 1.807) is 12.1 Å². The van der Waals surface area contributed by atoms with Crippen molar-refractivity contribution in [1.29, 1.82) is 0 Å². The summed E-state index contributed by atoms with van der Waals surface area (Å²) in [7, 11) is 0. The number of carbonyl (C=O) groups excluding carboxylic acids is 2. The Morgan fingerprint density at radius 2 is 1.86 bits per heavy atom. The van der Waals surface area contributed by atoms with E-state index in [4.69, 9.17) is 0 Å². The molecule has 0 spiro atoms. The van der Waals surface area contributed by atoms with Crippen molar-refractivity contribution in [2.45, 2.75) is 6.92 Å². The van der Waals surface area contributed by atoms with E-state index in [9.17, 15) is 14.0 Å². The molecule has 2 aromatic rings. The second kappa shape index (κ2) is 6.60. The first-order chi connectivity index (χ1) is 10.0. The lowest BCUT2D eigenvalue weighted by atomic mass is 10.2. The molecule has 0 fully saturated rings. The Labute approximate surface area is 121 Å². The lowest BCUT2D eigenvalue weighted by Crippen LogP contribution is -2.33. The highest BCUT2D eigenvalue weighted by Crippen LogP contribution is 2.04. The summed E-state index contributed by atoms with van der Waals surface area (Å²) in [6, 6.07) is 10.3. The molecule has 0 atom stereocenters. The molecule has 0 radical (unpaired) electrons. The molecular formula is C15H14FN3O2. The quantitative estimate of drug-likeness (QED) is 0.902. The maximum atomic E-state index is 12.7. The predicted molar refractivity (Wildman–Crippen MR) is 76.3 cm³/mol. The van der Waals surface area contributed by atoms with E-state index >= 15 is 0 Å². The van der Waals surface area contributed by atoms with Gasteiger partial charge in [0.1, 0.15) is 11.6 Å². The van der Waals surface area contributed by atoms with Gasteiger partial charge in [-0.2, -0.15) is 0 Å². The number of pyridine rings is 1. The molecule has 2 N–H and O–H groups in total. The van der Waals surface area contributed by atoms with Gasteiger partial charge in [-0.25, -0.2) is 9.37 Å². The van der Waals surface area contributed by atoms with Crippen LogP contribution in [0.3, 0.4) is 0 Å². The van der Waals surface area contributed by atoms with Gasteiger partial charge in [-0.3, -0.25) is 9.59 Å². The van der Waals surface area contributed by atoms with Crippen LogP contribution in [0.2, 0.25) is 0 Å². The number of benzene rings is 1. The molecule has 6 heteroatoms. The van der Waals surface area contributed by atoms with E-state index in [1.807, 2.05) is 13.0 Å². The number of nitrogens with zero attached hydrogens (tertiary/aromatic N) is 1. The Morgan fingerprint density at radius 1 is 1.14 bits per heavy atom. The summed E-state index contributed by atoms with van der Waals surface area (Å²) in [6.07, 6.45) is 0. The molecule has 21 heavy (non-hydrogen) atoms. The summed E-state index contributed by atoms with van der Waals surface area (Å²) >= 11 is 0. The molecule has 0 aliphatic heterocycles. The van der Waals surface area contributed by atoms with E-state index in [1.165, 1.54) is 24.3 Å². The Morgan fingerprint density at radius 3 is 2.52 bits per heavy atom. The Hall–Kier alpha value is -2.76. The molecule has 108 valence electrons. The fourth-order valence-electron chi connectivity index (χ4n) is 1.66. The van der Waals surface area contributed by atoms with Gasteiger partial charge >= 0.3 is 0 Å². The normalized spacial score (nSPS) is 10.0. The second-order valence-corrected chi connectivity index (χ2v) is 4.40. The summed E-state index contributed by atoms with van der Waals surface area (Å²) in [4.78, 5) is 27.5. The zero-order chi connectivity index (χ0) is 15.2. The van der Waals surface area contributed by atoms with Crippen molar-refractivity contribution < 1.29 is 14.0 Å². The van der Waals surface area contributed by atoms with Crippen LogP contribution in [0.25, 0.3) is 0 Å². The van der Waals surface area contributed by atoms with Crippen LogP contribution >= 0.6 is 0 Å². The second-order valence-electron chi connectivity index (χ2n) is 4.40. The van der Waals surface area contributed by atoms with Crippen molar-refractivity contribution in [3.63, 3.8) is 0 Å². The maximum Gasteiger partial charge on any atom is 0.251 e. The van der Waals surface area contributed by atoms with E-state index in [2.05, 4.69) is 15.6 Å². The molecule has 0 aliphatic carbocycles. The van der Waals surface area contributed by atoms with Gasteiger partial charge in [0.2, 0.25) is 5.91 Å². The third-order valence-corrected chi connectivity index (χ3v) is 2.67. The van der Waals surface area contributed by atoms with Crippen molar-refractivity contribution >= 4 is 17.6 Å². The van der Waals surface area contributed by atoms with Gasteiger partial charge in [-0.05, 0) is 43.3 Å². The molecule has 0 unspecified atom stereocenters. The first-order valence-corrected chi connectivity index (χ1v) is 6.32. The minimum atomic E-state index is -0.442. The minimum Gasteiger partial charge on any atom is -0.343 e. The van der Waals surface area contributed by atoms with Gasteiger partial charge < -0.3 is 10.6 Å². The zero-order valence-corrected chi connectivity index (χ0v) is 11.4. The number of rotatable bonds is 4. The molecule has 1 heterocycles. The lowest BCUT2D eigenvalue weighted by molar-refractivity contribution is -0.115. The third kappa shape index (κ3) is 4.38. The lowest BCUT2D eigenvalue weighted by Gasteiger charge is -2.07. The van der Waals surface area contributed by atoms with Crippen molar-refractivity contribution in [1.82, 2.24) is 10.3 Å². The number of aromatic nitrogens is 1. The van der Waals surface area contributed by atoms with Crippen LogP contribution in [0.5, 0.6) is 0 Å². The van der Waals surface area contributed by atoms with Crippen LogP contribution in [0.15, 0.2) is 42.5 Å². The van der Waals surface area contributed by atoms with Gasteiger partial charge in [0.05, 0.1) is 6.54 Å². The SMILES string of the molecule is Cc1cccc(NC(=O)CNC(=O)c2ccc(F)cc2)n1. The Balaban J connectivity index is 1.86. The number of amides is 2. The van der Waals surface area contributed by atoms with Crippen molar-refractivity contribution in [3.05, 3.63) is 59.5 Å². The topological polar surface area (TPSA) is 71.1 Å². The molecule has 0 saturated heterocycles. The van der Waals surface area contributed by atoms with Gasteiger partial charge in [0.15, 0.2) is 0 Å². The van der Waals surface area contributed by atoms with Gasteiger partial charge in [-0.15, -0.1) is 0 Å². The molecule has 1 aromatic heterocycles. The zero-order valence-electron chi connectivity index (χ0n) is 11.4. The average molecular weight is 287 g/mol. The Kier molecular flexibility index (Phi) is 4.61. The molecule has 0 aliphatic rings. The van der Waals surface area contributed by atoms with Crippen molar-refractivity contribution in [2.24, 2.45) is 0 Å². The fraction of sp³-hybridized carbons (Fsp3) is 0.133. The van der Waals surface area contributed by atoms with Crippen LogP contribution in [0, 0.1) is 12.7 Å². The largest absolute Gasteiger partial charge is 0.343 e. The molecule has 1 aromatic carbocycles. The van der Waals surface area contributed by atoms with Gasteiger partial charge in [-0.1, -0.05) is 6.07 Å². The molecule has 0 saturated carbocycles. The van der Waals surface area contributed by atoms with Crippen molar-refractivity contribution in [3.8, 4) is 0 Å². The van der Waals surface area contributed by atoms with E-state index in [0.717, 1.165) is 5.69 Å². The maximum absolute atomic E-state index is 12.7. The highest BCUT2D eigenvalue weighted by molar-refractivity contribution is 5.98. The molecule has 2 rings (SSSR count). The predicted octanol–water partition coefficient (Wildman–Crippen LogP) is 1.90. The third-order valence-electron chi connectivity index (χ3n) is 2.67. The van der Waals surface area contributed by atoms with Gasteiger partial charge in [0, 0.05) is 11.3 Å². The van der Waals surface area contributed by atoms with E-state index < -0.39 is 11.7 Å².